The molecular weight excluding hydrogens is 418 g/mol. The maximum absolute atomic E-state index is 12.7. The van der Waals surface area contributed by atoms with Crippen LogP contribution in [-0.4, -0.2) is 29.8 Å². The Morgan fingerprint density at radius 3 is 2.42 bits per heavy atom. The van der Waals surface area contributed by atoms with Crippen molar-refractivity contribution in [2.24, 2.45) is 7.05 Å². The van der Waals surface area contributed by atoms with Crippen LogP contribution in [0.5, 0.6) is 5.75 Å². The largest absolute Gasteiger partial charge is 0.482 e. The van der Waals surface area contributed by atoms with Crippen LogP contribution in [-0.2, 0) is 29.9 Å². The van der Waals surface area contributed by atoms with Crippen molar-refractivity contribution >= 4 is 15.8 Å². The highest BCUT2D eigenvalue weighted by Gasteiger charge is 2.22. The van der Waals surface area contributed by atoms with E-state index >= 15 is 0 Å². The minimum atomic E-state index is -3.59. The highest BCUT2D eigenvalue weighted by Crippen LogP contribution is 2.19. The molecule has 0 amide bonds. The zero-order valence-corrected chi connectivity index (χ0v) is 18.1. The number of carboxylic acid groups (broad SMARTS) is 1. The summed E-state index contributed by atoms with van der Waals surface area (Å²) in [6.07, 6.45) is -0.0126. The van der Waals surface area contributed by atoms with E-state index in [0.717, 1.165) is 11.1 Å². The molecule has 0 radical (unpaired) electrons. The van der Waals surface area contributed by atoms with Crippen molar-refractivity contribution in [3.8, 4) is 5.75 Å². The SMILES string of the molecule is Cc1cccc(S(=O)(=O)CCc2cc(=O)c(OCc3ccccc3)c(C(=O)O)n2C)c1. The van der Waals surface area contributed by atoms with Gasteiger partial charge in [-0.05, 0) is 30.2 Å². The minimum absolute atomic E-state index is 0.0126. The molecule has 0 aliphatic heterocycles. The molecule has 0 saturated carbocycles. The van der Waals surface area contributed by atoms with Gasteiger partial charge in [-0.2, -0.15) is 0 Å². The Hall–Kier alpha value is -3.39. The van der Waals surface area contributed by atoms with Crippen LogP contribution in [0.3, 0.4) is 0 Å². The highest BCUT2D eigenvalue weighted by molar-refractivity contribution is 7.91. The zero-order chi connectivity index (χ0) is 22.6. The number of hydrogen-bond donors (Lipinski definition) is 1. The normalized spacial score (nSPS) is 11.3. The molecule has 0 saturated heterocycles. The number of pyridine rings is 1. The van der Waals surface area contributed by atoms with E-state index < -0.39 is 21.2 Å². The quantitative estimate of drug-likeness (QED) is 0.577. The third kappa shape index (κ3) is 5.21. The first-order valence-corrected chi connectivity index (χ1v) is 11.3. The number of hydrogen-bond acceptors (Lipinski definition) is 5. The number of rotatable bonds is 8. The fourth-order valence-electron chi connectivity index (χ4n) is 3.24. The third-order valence-electron chi connectivity index (χ3n) is 4.91. The smallest absolute Gasteiger partial charge is 0.356 e. The van der Waals surface area contributed by atoms with Gasteiger partial charge in [0.25, 0.3) is 0 Å². The van der Waals surface area contributed by atoms with Gasteiger partial charge in [-0.15, -0.1) is 0 Å². The molecule has 31 heavy (non-hydrogen) atoms. The summed E-state index contributed by atoms with van der Waals surface area (Å²) in [5.41, 5.74) is 0.988. The summed E-state index contributed by atoms with van der Waals surface area (Å²) in [7, 11) is -2.12. The molecule has 8 heteroatoms. The fraction of sp³-hybridized carbons (Fsp3) is 0.217. The number of nitrogens with zero attached hydrogens (tertiary/aromatic N) is 1. The first kappa shape index (κ1) is 22.3. The van der Waals surface area contributed by atoms with Crippen molar-refractivity contribution in [1.29, 1.82) is 0 Å². The third-order valence-corrected chi connectivity index (χ3v) is 6.62. The second kappa shape index (κ2) is 9.18. The molecule has 0 aliphatic rings. The van der Waals surface area contributed by atoms with Crippen LogP contribution >= 0.6 is 0 Å². The average Bonchev–Trinajstić information content (AvgIpc) is 2.73. The summed E-state index contributed by atoms with van der Waals surface area (Å²) >= 11 is 0. The molecule has 0 atom stereocenters. The summed E-state index contributed by atoms with van der Waals surface area (Å²) < 4.78 is 32.2. The van der Waals surface area contributed by atoms with Crippen LogP contribution in [0.2, 0.25) is 0 Å². The number of aromatic nitrogens is 1. The van der Waals surface area contributed by atoms with Crippen LogP contribution in [0, 0.1) is 6.92 Å². The molecule has 1 N–H and O–H groups in total. The molecule has 0 bridgehead atoms. The molecule has 3 rings (SSSR count). The maximum atomic E-state index is 12.7. The van der Waals surface area contributed by atoms with E-state index in [0.29, 0.717) is 5.69 Å². The molecule has 2 aromatic carbocycles. The number of aryl methyl sites for hydroxylation is 2. The number of aromatic carboxylic acids is 1. The molecule has 162 valence electrons. The molecule has 0 spiro atoms. The lowest BCUT2D eigenvalue weighted by Gasteiger charge is -2.16. The molecule has 7 nitrogen and oxygen atoms in total. The lowest BCUT2D eigenvalue weighted by Crippen LogP contribution is -2.23. The Kier molecular flexibility index (Phi) is 6.60. The van der Waals surface area contributed by atoms with Crippen LogP contribution in [0.1, 0.15) is 27.3 Å². The van der Waals surface area contributed by atoms with Gasteiger partial charge in [0.15, 0.2) is 21.3 Å². The monoisotopic (exact) mass is 441 g/mol. The number of ether oxygens (including phenoxy) is 1. The summed E-state index contributed by atoms with van der Waals surface area (Å²) in [5.74, 6) is -1.86. The lowest BCUT2D eigenvalue weighted by atomic mass is 10.2. The molecule has 1 heterocycles. The number of carboxylic acids is 1. The Morgan fingerprint density at radius 2 is 1.77 bits per heavy atom. The molecule has 3 aromatic rings. The number of sulfone groups is 1. The van der Waals surface area contributed by atoms with Gasteiger partial charge in [0.1, 0.15) is 6.61 Å². The van der Waals surface area contributed by atoms with Crippen LogP contribution in [0.15, 0.2) is 70.4 Å². The van der Waals surface area contributed by atoms with E-state index in [9.17, 15) is 23.1 Å². The van der Waals surface area contributed by atoms with Gasteiger partial charge in [0.2, 0.25) is 5.43 Å². The van der Waals surface area contributed by atoms with E-state index in [1.54, 1.807) is 37.3 Å². The summed E-state index contributed by atoms with van der Waals surface area (Å²) in [5, 5.41) is 9.67. The molecular formula is C23H23NO6S. The molecule has 1 aromatic heterocycles. The highest BCUT2D eigenvalue weighted by atomic mass is 32.2. The predicted octanol–water partition coefficient (Wildman–Crippen LogP) is 2.99. The second-order valence-electron chi connectivity index (χ2n) is 7.20. The predicted molar refractivity (Wildman–Crippen MR) is 116 cm³/mol. The Balaban J connectivity index is 1.88. The number of carbonyl (C=O) groups is 1. The van der Waals surface area contributed by atoms with Crippen LogP contribution in [0.4, 0.5) is 0 Å². The van der Waals surface area contributed by atoms with Gasteiger partial charge in [-0.1, -0.05) is 42.5 Å². The van der Waals surface area contributed by atoms with Crippen molar-refractivity contribution in [3.63, 3.8) is 0 Å². The van der Waals surface area contributed by atoms with E-state index in [2.05, 4.69) is 0 Å². The van der Waals surface area contributed by atoms with E-state index in [1.807, 2.05) is 18.2 Å². The summed E-state index contributed by atoms with van der Waals surface area (Å²) in [6.45, 7) is 1.84. The van der Waals surface area contributed by atoms with Gasteiger partial charge >= 0.3 is 5.97 Å². The Bertz CT molecular complexity index is 1260. The number of benzene rings is 2. The van der Waals surface area contributed by atoms with Gasteiger partial charge in [-0.3, -0.25) is 4.79 Å². The fourth-order valence-corrected chi connectivity index (χ4v) is 4.61. The molecule has 0 fully saturated rings. The Morgan fingerprint density at radius 1 is 1.06 bits per heavy atom. The van der Waals surface area contributed by atoms with Crippen molar-refractivity contribution in [1.82, 2.24) is 4.57 Å². The van der Waals surface area contributed by atoms with Crippen molar-refractivity contribution in [2.75, 3.05) is 5.75 Å². The van der Waals surface area contributed by atoms with E-state index in [4.69, 9.17) is 4.74 Å². The summed E-state index contributed by atoms with van der Waals surface area (Å²) in [4.78, 5) is 24.7. The van der Waals surface area contributed by atoms with Gasteiger partial charge in [0, 0.05) is 25.2 Å². The second-order valence-corrected chi connectivity index (χ2v) is 9.31. The van der Waals surface area contributed by atoms with E-state index in [1.165, 1.54) is 23.7 Å². The van der Waals surface area contributed by atoms with Gasteiger partial charge < -0.3 is 14.4 Å². The molecule has 0 unspecified atom stereocenters. The average molecular weight is 442 g/mol. The standard InChI is InChI=1S/C23H23NO6S/c1-16-7-6-10-19(13-16)31(28,29)12-11-18-14-20(25)22(21(23(26)27)24(18)2)30-15-17-8-4-3-5-9-17/h3-10,13-14H,11-12,15H2,1-2H3,(H,26,27). The first-order chi connectivity index (χ1) is 14.7. The zero-order valence-electron chi connectivity index (χ0n) is 17.2. The van der Waals surface area contributed by atoms with Gasteiger partial charge in [-0.25, -0.2) is 13.2 Å². The molecule has 0 aliphatic carbocycles. The lowest BCUT2D eigenvalue weighted by molar-refractivity contribution is 0.0678. The van der Waals surface area contributed by atoms with Crippen molar-refractivity contribution in [3.05, 3.63) is 93.4 Å². The van der Waals surface area contributed by atoms with Gasteiger partial charge in [0.05, 0.1) is 10.6 Å². The summed E-state index contributed by atoms with van der Waals surface area (Å²) in [6, 6.07) is 16.9. The topological polar surface area (TPSA) is 103 Å². The first-order valence-electron chi connectivity index (χ1n) is 9.61. The van der Waals surface area contributed by atoms with Crippen molar-refractivity contribution < 1.29 is 23.1 Å². The van der Waals surface area contributed by atoms with Crippen molar-refractivity contribution in [2.45, 2.75) is 24.8 Å². The Labute approximate surface area is 180 Å². The van der Waals surface area contributed by atoms with Crippen LogP contribution in [0.25, 0.3) is 0 Å². The van der Waals surface area contributed by atoms with Crippen LogP contribution < -0.4 is 10.2 Å². The minimum Gasteiger partial charge on any atom is -0.482 e. The van der Waals surface area contributed by atoms with E-state index in [-0.39, 0.29) is 35.1 Å². The maximum Gasteiger partial charge on any atom is 0.356 e.